The molecule has 0 aliphatic carbocycles. The summed E-state index contributed by atoms with van der Waals surface area (Å²) in [5.41, 5.74) is 0.944. The van der Waals surface area contributed by atoms with Crippen molar-refractivity contribution in [3.05, 3.63) is 53.3 Å². The third-order valence-corrected chi connectivity index (χ3v) is 4.40. The Balaban J connectivity index is 1.70. The van der Waals surface area contributed by atoms with Crippen LogP contribution in [0.15, 0.2) is 42.5 Å². The SMILES string of the molecule is CC(=O)Nc1cc(NC(=O)C2CC(=O)N(c3cccc(Cl)c3)C2)ccc1F. The molecule has 1 fully saturated rings. The highest BCUT2D eigenvalue weighted by Crippen LogP contribution is 2.28. The molecule has 1 atom stereocenters. The van der Waals surface area contributed by atoms with Crippen LogP contribution in [0.2, 0.25) is 5.02 Å². The van der Waals surface area contributed by atoms with Crippen LogP contribution in [0.3, 0.4) is 0 Å². The third kappa shape index (κ3) is 4.43. The lowest BCUT2D eigenvalue weighted by Gasteiger charge is -2.17. The van der Waals surface area contributed by atoms with Crippen LogP contribution in [0.4, 0.5) is 21.5 Å². The van der Waals surface area contributed by atoms with Crippen LogP contribution in [0.1, 0.15) is 13.3 Å². The number of amides is 3. The maximum Gasteiger partial charge on any atom is 0.229 e. The van der Waals surface area contributed by atoms with Crippen molar-refractivity contribution >= 4 is 46.4 Å². The van der Waals surface area contributed by atoms with Gasteiger partial charge in [-0.1, -0.05) is 17.7 Å². The molecule has 1 saturated heterocycles. The van der Waals surface area contributed by atoms with E-state index in [2.05, 4.69) is 10.6 Å². The third-order valence-electron chi connectivity index (χ3n) is 4.16. The van der Waals surface area contributed by atoms with Crippen molar-refractivity contribution in [2.24, 2.45) is 5.92 Å². The van der Waals surface area contributed by atoms with E-state index < -0.39 is 17.6 Å². The van der Waals surface area contributed by atoms with Gasteiger partial charge in [0.05, 0.1) is 11.6 Å². The minimum atomic E-state index is -0.605. The van der Waals surface area contributed by atoms with E-state index in [-0.39, 0.29) is 30.5 Å². The molecular weight excluding hydrogens is 373 g/mol. The van der Waals surface area contributed by atoms with Gasteiger partial charge in [0.1, 0.15) is 5.82 Å². The van der Waals surface area contributed by atoms with Crippen LogP contribution < -0.4 is 15.5 Å². The molecule has 6 nitrogen and oxygen atoms in total. The Labute approximate surface area is 160 Å². The van der Waals surface area contributed by atoms with E-state index in [9.17, 15) is 18.8 Å². The molecule has 0 aromatic heterocycles. The predicted octanol–water partition coefficient (Wildman–Crippen LogP) is 3.43. The van der Waals surface area contributed by atoms with Gasteiger partial charge in [-0.05, 0) is 36.4 Å². The predicted molar refractivity (Wildman–Crippen MR) is 101 cm³/mol. The highest BCUT2D eigenvalue weighted by atomic mass is 35.5. The quantitative estimate of drug-likeness (QED) is 0.840. The molecular formula is C19H17ClFN3O3. The summed E-state index contributed by atoms with van der Waals surface area (Å²) >= 11 is 5.96. The molecule has 1 heterocycles. The summed E-state index contributed by atoms with van der Waals surface area (Å²) in [4.78, 5) is 37.4. The molecule has 3 rings (SSSR count). The van der Waals surface area contributed by atoms with E-state index in [1.54, 1.807) is 24.3 Å². The van der Waals surface area contributed by atoms with Gasteiger partial charge in [0, 0.05) is 36.3 Å². The van der Waals surface area contributed by atoms with Gasteiger partial charge < -0.3 is 15.5 Å². The van der Waals surface area contributed by atoms with Crippen LogP contribution in [-0.2, 0) is 14.4 Å². The van der Waals surface area contributed by atoms with Crippen molar-refractivity contribution < 1.29 is 18.8 Å². The molecule has 1 aliphatic heterocycles. The lowest BCUT2D eigenvalue weighted by molar-refractivity contribution is -0.122. The van der Waals surface area contributed by atoms with Crippen LogP contribution in [0.5, 0.6) is 0 Å². The van der Waals surface area contributed by atoms with E-state index in [0.29, 0.717) is 16.4 Å². The van der Waals surface area contributed by atoms with Crippen molar-refractivity contribution in [1.29, 1.82) is 0 Å². The maximum absolute atomic E-state index is 13.7. The average molecular weight is 390 g/mol. The monoisotopic (exact) mass is 389 g/mol. The van der Waals surface area contributed by atoms with E-state index in [0.717, 1.165) is 6.07 Å². The van der Waals surface area contributed by atoms with Gasteiger partial charge in [-0.25, -0.2) is 4.39 Å². The van der Waals surface area contributed by atoms with Crippen LogP contribution in [0.25, 0.3) is 0 Å². The van der Waals surface area contributed by atoms with Crippen molar-refractivity contribution in [3.8, 4) is 0 Å². The molecule has 0 bridgehead atoms. The lowest BCUT2D eigenvalue weighted by Crippen LogP contribution is -2.28. The Hall–Kier alpha value is -2.93. The van der Waals surface area contributed by atoms with Gasteiger partial charge in [0.2, 0.25) is 17.7 Å². The molecule has 0 spiro atoms. The molecule has 8 heteroatoms. The maximum atomic E-state index is 13.7. The first-order chi connectivity index (χ1) is 12.8. The number of anilines is 3. The normalized spacial score (nSPS) is 16.3. The number of hydrogen-bond acceptors (Lipinski definition) is 3. The van der Waals surface area contributed by atoms with E-state index in [1.807, 2.05) is 0 Å². The second kappa shape index (κ2) is 7.75. The zero-order chi connectivity index (χ0) is 19.6. The highest BCUT2D eigenvalue weighted by Gasteiger charge is 2.35. The largest absolute Gasteiger partial charge is 0.326 e. The number of nitrogens with zero attached hydrogens (tertiary/aromatic N) is 1. The summed E-state index contributed by atoms with van der Waals surface area (Å²) in [6.45, 7) is 1.49. The molecule has 1 unspecified atom stereocenters. The molecule has 2 aromatic rings. The Bertz CT molecular complexity index is 919. The van der Waals surface area contributed by atoms with Gasteiger partial charge in [-0.15, -0.1) is 0 Å². The highest BCUT2D eigenvalue weighted by molar-refractivity contribution is 6.31. The van der Waals surface area contributed by atoms with Gasteiger partial charge >= 0.3 is 0 Å². The van der Waals surface area contributed by atoms with Gasteiger partial charge in [-0.3, -0.25) is 14.4 Å². The molecule has 2 N–H and O–H groups in total. The zero-order valence-corrected chi connectivity index (χ0v) is 15.2. The zero-order valence-electron chi connectivity index (χ0n) is 14.5. The Morgan fingerprint density at radius 2 is 1.96 bits per heavy atom. The number of carbonyl (C=O) groups excluding carboxylic acids is 3. The number of halogens is 2. The fourth-order valence-corrected chi connectivity index (χ4v) is 3.09. The van der Waals surface area contributed by atoms with Gasteiger partial charge in [0.25, 0.3) is 0 Å². The summed E-state index contributed by atoms with van der Waals surface area (Å²) in [5, 5.41) is 5.53. The van der Waals surface area contributed by atoms with Crippen molar-refractivity contribution in [1.82, 2.24) is 0 Å². The summed E-state index contributed by atoms with van der Waals surface area (Å²) in [7, 11) is 0. The fourth-order valence-electron chi connectivity index (χ4n) is 2.91. The number of rotatable bonds is 4. The molecule has 1 aliphatic rings. The molecule has 2 aromatic carbocycles. The first-order valence-electron chi connectivity index (χ1n) is 8.27. The number of benzene rings is 2. The molecule has 0 saturated carbocycles. The summed E-state index contributed by atoms with van der Waals surface area (Å²) < 4.78 is 13.7. The van der Waals surface area contributed by atoms with E-state index in [4.69, 9.17) is 11.6 Å². The first kappa shape index (κ1) is 18.8. The number of hydrogen-bond donors (Lipinski definition) is 2. The molecule has 27 heavy (non-hydrogen) atoms. The van der Waals surface area contributed by atoms with Crippen molar-refractivity contribution in [2.45, 2.75) is 13.3 Å². The minimum absolute atomic E-state index is 0.0247. The fraction of sp³-hybridized carbons (Fsp3) is 0.211. The number of carbonyl (C=O) groups is 3. The summed E-state index contributed by atoms with van der Waals surface area (Å²) in [6, 6.07) is 10.7. The molecule has 3 amide bonds. The number of nitrogens with one attached hydrogen (secondary N) is 2. The smallest absolute Gasteiger partial charge is 0.229 e. The van der Waals surface area contributed by atoms with Gasteiger partial charge in [-0.2, -0.15) is 0 Å². The Kier molecular flexibility index (Phi) is 5.41. The molecule has 140 valence electrons. The van der Waals surface area contributed by atoms with Crippen LogP contribution in [0, 0.1) is 11.7 Å². The Morgan fingerprint density at radius 3 is 2.67 bits per heavy atom. The van der Waals surface area contributed by atoms with Crippen molar-refractivity contribution in [2.75, 3.05) is 22.1 Å². The van der Waals surface area contributed by atoms with E-state index in [1.165, 1.54) is 24.0 Å². The van der Waals surface area contributed by atoms with Gasteiger partial charge in [0.15, 0.2) is 0 Å². The van der Waals surface area contributed by atoms with E-state index >= 15 is 0 Å². The standard InChI is InChI=1S/C19H17ClFN3O3/c1-11(25)22-17-9-14(5-6-16(17)21)23-19(27)12-7-18(26)24(10-12)15-4-2-3-13(20)8-15/h2-6,8-9,12H,7,10H2,1H3,(H,22,25)(H,23,27). The topological polar surface area (TPSA) is 78.5 Å². The average Bonchev–Trinajstić information content (AvgIpc) is 2.99. The van der Waals surface area contributed by atoms with Crippen LogP contribution in [-0.4, -0.2) is 24.3 Å². The van der Waals surface area contributed by atoms with Crippen LogP contribution >= 0.6 is 11.6 Å². The summed E-state index contributed by atoms with van der Waals surface area (Å²) in [5.74, 6) is -2.10. The minimum Gasteiger partial charge on any atom is -0.326 e. The second-order valence-corrected chi connectivity index (χ2v) is 6.69. The van der Waals surface area contributed by atoms with Crippen molar-refractivity contribution in [3.63, 3.8) is 0 Å². The summed E-state index contributed by atoms with van der Waals surface area (Å²) in [6.07, 6.45) is 0.0676. The Morgan fingerprint density at radius 1 is 1.19 bits per heavy atom. The lowest BCUT2D eigenvalue weighted by atomic mass is 10.1. The second-order valence-electron chi connectivity index (χ2n) is 6.25. The molecule has 0 radical (unpaired) electrons. The first-order valence-corrected chi connectivity index (χ1v) is 8.65.